The summed E-state index contributed by atoms with van der Waals surface area (Å²) < 4.78 is 25.3. The van der Waals surface area contributed by atoms with Gasteiger partial charge in [-0.25, -0.2) is 4.39 Å². The molecule has 2 nitrogen and oxygen atoms in total. The number of hydrogen-bond donors (Lipinski definition) is 0. The summed E-state index contributed by atoms with van der Waals surface area (Å²) in [5, 5.41) is 0.538. The van der Waals surface area contributed by atoms with Gasteiger partial charge >= 0.3 is 0 Å². The molecule has 0 N–H and O–H groups in total. The van der Waals surface area contributed by atoms with Crippen LogP contribution in [0.25, 0.3) is 0 Å². The second-order valence-electron chi connectivity index (χ2n) is 4.26. The van der Waals surface area contributed by atoms with Crippen molar-refractivity contribution in [3.8, 4) is 11.5 Å². The highest BCUT2D eigenvalue weighted by Gasteiger charge is 2.21. The third-order valence-electron chi connectivity index (χ3n) is 2.99. The molecule has 2 aromatic carbocycles. The Kier molecular flexibility index (Phi) is 5.52. The summed E-state index contributed by atoms with van der Waals surface area (Å²) in [5.74, 6) is 0.709. The first-order chi connectivity index (χ1) is 9.97. The van der Waals surface area contributed by atoms with E-state index in [0.29, 0.717) is 26.6 Å². The summed E-state index contributed by atoms with van der Waals surface area (Å²) in [7, 11) is 3.05. The van der Waals surface area contributed by atoms with Gasteiger partial charge in [-0.1, -0.05) is 33.6 Å². The predicted octanol–water partition coefficient (Wildman–Crippen LogP) is 5.74. The second-order valence-corrected chi connectivity index (χ2v) is 6.47. The van der Waals surface area contributed by atoms with Gasteiger partial charge in [-0.05, 0) is 34.1 Å². The van der Waals surface area contributed by atoms with E-state index in [4.69, 9.17) is 21.1 Å². The van der Waals surface area contributed by atoms with Gasteiger partial charge in [-0.15, -0.1) is 0 Å². The van der Waals surface area contributed by atoms with Crippen molar-refractivity contribution in [1.82, 2.24) is 0 Å². The first kappa shape index (κ1) is 16.6. The molecular formula is C15H12Br2ClFO2. The number of benzene rings is 2. The summed E-state index contributed by atoms with van der Waals surface area (Å²) in [5.41, 5.74) is 1.21. The van der Waals surface area contributed by atoms with E-state index in [-0.39, 0.29) is 5.82 Å². The van der Waals surface area contributed by atoms with Crippen molar-refractivity contribution >= 4 is 43.5 Å². The molecule has 112 valence electrons. The lowest BCUT2D eigenvalue weighted by molar-refractivity contribution is 0.407. The number of methoxy groups -OCH3 is 2. The van der Waals surface area contributed by atoms with Gasteiger partial charge < -0.3 is 9.47 Å². The highest BCUT2D eigenvalue weighted by Crippen LogP contribution is 2.43. The molecule has 0 radical (unpaired) electrons. The lowest BCUT2D eigenvalue weighted by atomic mass is 10.0. The van der Waals surface area contributed by atoms with Gasteiger partial charge in [0.2, 0.25) is 0 Å². The van der Waals surface area contributed by atoms with Gasteiger partial charge in [-0.3, -0.25) is 0 Å². The van der Waals surface area contributed by atoms with Crippen molar-refractivity contribution < 1.29 is 13.9 Å². The van der Waals surface area contributed by atoms with Crippen LogP contribution in [-0.4, -0.2) is 14.2 Å². The monoisotopic (exact) mass is 436 g/mol. The molecule has 0 fully saturated rings. The Morgan fingerprint density at radius 1 is 1.10 bits per heavy atom. The van der Waals surface area contributed by atoms with E-state index in [2.05, 4.69) is 31.9 Å². The highest BCUT2D eigenvalue weighted by atomic mass is 79.9. The van der Waals surface area contributed by atoms with Crippen LogP contribution in [0.1, 0.15) is 16.0 Å². The van der Waals surface area contributed by atoms with E-state index >= 15 is 0 Å². The van der Waals surface area contributed by atoms with E-state index in [1.54, 1.807) is 31.4 Å². The number of hydrogen-bond acceptors (Lipinski definition) is 2. The molecule has 0 bridgehead atoms. The molecule has 2 rings (SSSR count). The first-order valence-electron chi connectivity index (χ1n) is 5.98. The molecule has 2 aromatic rings. The van der Waals surface area contributed by atoms with Crippen LogP contribution in [0.4, 0.5) is 4.39 Å². The summed E-state index contributed by atoms with van der Waals surface area (Å²) >= 11 is 13.0. The van der Waals surface area contributed by atoms with Crippen LogP contribution in [0.5, 0.6) is 11.5 Å². The van der Waals surface area contributed by atoms with Crippen LogP contribution >= 0.6 is 43.5 Å². The topological polar surface area (TPSA) is 18.5 Å². The maximum atomic E-state index is 14.2. The minimum Gasteiger partial charge on any atom is -0.497 e. The Bertz CT molecular complexity index is 664. The van der Waals surface area contributed by atoms with Crippen molar-refractivity contribution in [1.29, 1.82) is 0 Å². The molecule has 0 heterocycles. The molecule has 0 spiro atoms. The molecule has 0 aliphatic carbocycles. The average molecular weight is 439 g/mol. The quantitative estimate of drug-likeness (QED) is 0.567. The van der Waals surface area contributed by atoms with Gasteiger partial charge in [0.1, 0.15) is 17.3 Å². The Labute approximate surface area is 144 Å². The standard InChI is InChI=1S/C15H12Br2ClFO2/c1-20-9-3-4-10(13(19)7-9)14(17)11-5-8(18)6-12(16)15(11)21-2/h3-7,14H,1-2H3. The third-order valence-corrected chi connectivity index (χ3v) is 4.79. The van der Waals surface area contributed by atoms with Gasteiger partial charge in [-0.2, -0.15) is 0 Å². The minimum atomic E-state index is -0.395. The SMILES string of the molecule is COc1ccc(C(Br)c2cc(Cl)cc(Br)c2OC)c(F)c1. The molecule has 0 amide bonds. The second kappa shape index (κ2) is 6.99. The fraction of sp³-hybridized carbons (Fsp3) is 0.200. The number of ether oxygens (including phenoxy) is 2. The number of rotatable bonds is 4. The predicted molar refractivity (Wildman–Crippen MR) is 89.4 cm³/mol. The lowest BCUT2D eigenvalue weighted by Crippen LogP contribution is -2.01. The Morgan fingerprint density at radius 2 is 1.81 bits per heavy atom. The summed E-state index contributed by atoms with van der Waals surface area (Å²) in [6.45, 7) is 0. The molecule has 6 heteroatoms. The van der Waals surface area contributed by atoms with Gasteiger partial charge in [0, 0.05) is 22.2 Å². The van der Waals surface area contributed by atoms with Gasteiger partial charge in [0.15, 0.2) is 0 Å². The average Bonchev–Trinajstić information content (AvgIpc) is 2.45. The highest BCUT2D eigenvalue weighted by molar-refractivity contribution is 9.10. The molecule has 1 atom stereocenters. The summed E-state index contributed by atoms with van der Waals surface area (Å²) in [4.78, 5) is -0.395. The van der Waals surface area contributed by atoms with Gasteiger partial charge in [0.25, 0.3) is 0 Å². The van der Waals surface area contributed by atoms with Crippen LogP contribution < -0.4 is 9.47 Å². The van der Waals surface area contributed by atoms with Gasteiger partial charge in [0.05, 0.1) is 23.5 Å². The van der Waals surface area contributed by atoms with E-state index < -0.39 is 4.83 Å². The van der Waals surface area contributed by atoms with Crippen LogP contribution in [-0.2, 0) is 0 Å². The minimum absolute atomic E-state index is 0.366. The third kappa shape index (κ3) is 3.52. The van der Waals surface area contributed by atoms with Crippen molar-refractivity contribution in [2.75, 3.05) is 14.2 Å². The maximum Gasteiger partial charge on any atom is 0.137 e. The van der Waals surface area contributed by atoms with Crippen molar-refractivity contribution in [3.05, 3.63) is 56.8 Å². The van der Waals surface area contributed by atoms with Crippen molar-refractivity contribution in [2.24, 2.45) is 0 Å². The zero-order chi connectivity index (χ0) is 15.6. The van der Waals surface area contributed by atoms with Crippen LogP contribution in [0.3, 0.4) is 0 Å². The molecule has 0 aromatic heterocycles. The zero-order valence-corrected chi connectivity index (χ0v) is 15.2. The van der Waals surface area contributed by atoms with Crippen LogP contribution in [0, 0.1) is 5.82 Å². The normalized spacial score (nSPS) is 12.1. The zero-order valence-electron chi connectivity index (χ0n) is 11.3. The molecule has 0 saturated carbocycles. The van der Waals surface area contributed by atoms with Crippen LogP contribution in [0.2, 0.25) is 5.02 Å². The van der Waals surface area contributed by atoms with Crippen molar-refractivity contribution in [3.63, 3.8) is 0 Å². The molecule has 0 saturated heterocycles. The Morgan fingerprint density at radius 3 is 2.38 bits per heavy atom. The maximum absolute atomic E-state index is 14.2. The largest absolute Gasteiger partial charge is 0.497 e. The first-order valence-corrected chi connectivity index (χ1v) is 8.07. The van der Waals surface area contributed by atoms with E-state index in [0.717, 1.165) is 5.56 Å². The smallest absolute Gasteiger partial charge is 0.137 e. The summed E-state index contributed by atoms with van der Waals surface area (Å²) in [6.07, 6.45) is 0. The molecule has 0 aliphatic rings. The molecule has 21 heavy (non-hydrogen) atoms. The van der Waals surface area contributed by atoms with E-state index in [1.165, 1.54) is 13.2 Å². The molecule has 0 aliphatic heterocycles. The van der Waals surface area contributed by atoms with E-state index in [1.807, 2.05) is 0 Å². The number of halogens is 4. The van der Waals surface area contributed by atoms with Crippen molar-refractivity contribution in [2.45, 2.75) is 4.83 Å². The Balaban J connectivity index is 2.51. The van der Waals surface area contributed by atoms with Crippen LogP contribution in [0.15, 0.2) is 34.8 Å². The molecule has 1 unspecified atom stereocenters. The van der Waals surface area contributed by atoms with E-state index in [9.17, 15) is 4.39 Å². The Hall–Kier alpha value is -0.780. The fourth-order valence-electron chi connectivity index (χ4n) is 1.99. The lowest BCUT2D eigenvalue weighted by Gasteiger charge is -2.17. The fourth-order valence-corrected chi connectivity index (χ4v) is 3.70. The summed E-state index contributed by atoms with van der Waals surface area (Å²) in [6, 6.07) is 8.19. The molecular weight excluding hydrogens is 426 g/mol. The number of alkyl halides is 1.